The highest BCUT2D eigenvalue weighted by Gasteiger charge is 2.31. The number of ether oxygens (including phenoxy) is 1. The van der Waals surface area contributed by atoms with Gasteiger partial charge in [-0.15, -0.1) is 0 Å². The Morgan fingerprint density at radius 1 is 1.38 bits per heavy atom. The molecule has 0 saturated carbocycles. The summed E-state index contributed by atoms with van der Waals surface area (Å²) in [7, 11) is 1.43. The molecule has 1 aromatic carbocycles. The van der Waals surface area contributed by atoms with Crippen LogP contribution in [0.1, 0.15) is 28.9 Å². The number of nitrogens with zero attached hydrogens (tertiary/aromatic N) is 3. The fourth-order valence-electron chi connectivity index (χ4n) is 2.97. The molecule has 7 heteroatoms. The largest absolute Gasteiger partial charge is 0.467 e. The molecular weight excluding hydrogens is 316 g/mol. The minimum atomic E-state index is -0.484. The van der Waals surface area contributed by atoms with Gasteiger partial charge in [-0.1, -0.05) is 0 Å². The van der Waals surface area contributed by atoms with E-state index in [0.717, 1.165) is 25.0 Å². The van der Waals surface area contributed by atoms with E-state index < -0.39 is 11.6 Å². The first-order chi connectivity index (χ1) is 11.6. The molecule has 126 valence electrons. The van der Waals surface area contributed by atoms with Crippen molar-refractivity contribution < 1.29 is 18.3 Å². The Hall–Kier alpha value is -2.57. The number of hydrogen-bond acceptors (Lipinski definition) is 4. The average Bonchev–Trinajstić information content (AvgIpc) is 3.05. The van der Waals surface area contributed by atoms with Crippen molar-refractivity contribution in [1.82, 2.24) is 14.9 Å². The molecule has 24 heavy (non-hydrogen) atoms. The number of methoxy groups -OCH3 is 1. The smallest absolute Gasteiger partial charge is 0.316 e. The number of amides is 1. The van der Waals surface area contributed by atoms with Gasteiger partial charge < -0.3 is 9.64 Å². The number of carbonyl (C=O) groups excluding carboxylic acids is 1. The van der Waals surface area contributed by atoms with Gasteiger partial charge in [0.25, 0.3) is 5.91 Å². The molecule has 1 aliphatic rings. The van der Waals surface area contributed by atoms with Crippen LogP contribution in [0.2, 0.25) is 0 Å². The molecule has 5 nitrogen and oxygen atoms in total. The van der Waals surface area contributed by atoms with Gasteiger partial charge in [-0.25, -0.2) is 13.8 Å². The van der Waals surface area contributed by atoms with Crippen LogP contribution in [0.15, 0.2) is 30.5 Å². The molecule has 0 spiro atoms. The predicted octanol–water partition coefficient (Wildman–Crippen LogP) is 2.61. The molecule has 0 N–H and O–H groups in total. The van der Waals surface area contributed by atoms with Crippen LogP contribution in [0, 0.1) is 11.6 Å². The molecule has 1 atom stereocenters. The third-order valence-electron chi connectivity index (χ3n) is 4.14. The minimum absolute atomic E-state index is 0.118. The van der Waals surface area contributed by atoms with Gasteiger partial charge in [0.2, 0.25) is 0 Å². The summed E-state index contributed by atoms with van der Waals surface area (Å²) < 4.78 is 32.1. The van der Waals surface area contributed by atoms with E-state index >= 15 is 0 Å². The second kappa shape index (κ2) is 6.90. The van der Waals surface area contributed by atoms with Crippen LogP contribution in [0.25, 0.3) is 0 Å². The van der Waals surface area contributed by atoms with E-state index in [1.54, 1.807) is 4.90 Å². The quantitative estimate of drug-likeness (QED) is 0.863. The number of benzene rings is 1. The number of hydrogen-bond donors (Lipinski definition) is 0. The van der Waals surface area contributed by atoms with Crippen LogP contribution in [0.5, 0.6) is 6.01 Å². The fraction of sp³-hybridized carbons (Fsp3) is 0.353. The zero-order valence-electron chi connectivity index (χ0n) is 13.2. The van der Waals surface area contributed by atoms with Crippen LogP contribution < -0.4 is 4.74 Å². The Bertz CT molecular complexity index is 754. The number of carbonyl (C=O) groups is 1. The van der Waals surface area contributed by atoms with Gasteiger partial charge in [0.15, 0.2) is 0 Å². The van der Waals surface area contributed by atoms with E-state index in [4.69, 9.17) is 4.74 Å². The Labute approximate surface area is 138 Å². The highest BCUT2D eigenvalue weighted by molar-refractivity contribution is 5.92. The zero-order valence-corrected chi connectivity index (χ0v) is 13.2. The first-order valence-electron chi connectivity index (χ1n) is 7.70. The molecule has 0 radical (unpaired) electrons. The van der Waals surface area contributed by atoms with E-state index in [1.807, 2.05) is 0 Å². The van der Waals surface area contributed by atoms with Crippen molar-refractivity contribution >= 4 is 5.91 Å². The highest BCUT2D eigenvalue weighted by Crippen LogP contribution is 2.24. The van der Waals surface area contributed by atoms with Crippen LogP contribution >= 0.6 is 0 Å². The molecule has 3 rings (SSSR count). The maximum atomic E-state index is 13.9. The molecule has 1 amide bonds. The third kappa shape index (κ3) is 3.34. The van der Waals surface area contributed by atoms with Gasteiger partial charge in [0, 0.05) is 18.8 Å². The standard InChI is InChI=1S/C17H17F2N3O2/c1-24-17-20-7-6-15(21-17)16(23)22-8-2-3-13(22)10-11-9-12(18)4-5-14(11)19/h4-7,9,13H,2-3,8,10H2,1H3. The molecular formula is C17H17F2N3O2. The lowest BCUT2D eigenvalue weighted by molar-refractivity contribution is 0.0728. The molecule has 1 aromatic heterocycles. The Morgan fingerprint density at radius 2 is 2.21 bits per heavy atom. The molecule has 0 aliphatic carbocycles. The average molecular weight is 333 g/mol. The maximum absolute atomic E-state index is 13.9. The lowest BCUT2D eigenvalue weighted by atomic mass is 10.0. The summed E-state index contributed by atoms with van der Waals surface area (Å²) in [5.74, 6) is -1.20. The van der Waals surface area contributed by atoms with E-state index in [2.05, 4.69) is 9.97 Å². The molecule has 1 aliphatic heterocycles. The van der Waals surface area contributed by atoms with Crippen molar-refractivity contribution in [2.24, 2.45) is 0 Å². The maximum Gasteiger partial charge on any atom is 0.316 e. The summed E-state index contributed by atoms with van der Waals surface area (Å²) in [6.07, 6.45) is 3.29. The SMILES string of the molecule is COc1nccc(C(=O)N2CCCC2Cc2cc(F)ccc2F)n1. The van der Waals surface area contributed by atoms with Gasteiger partial charge in [0.05, 0.1) is 7.11 Å². The molecule has 1 saturated heterocycles. The normalized spacial score (nSPS) is 17.1. The Morgan fingerprint density at radius 3 is 3.00 bits per heavy atom. The van der Waals surface area contributed by atoms with Gasteiger partial charge >= 0.3 is 6.01 Å². The topological polar surface area (TPSA) is 55.3 Å². The van der Waals surface area contributed by atoms with E-state index in [9.17, 15) is 13.6 Å². The minimum Gasteiger partial charge on any atom is -0.467 e. The highest BCUT2D eigenvalue weighted by atomic mass is 19.1. The van der Waals surface area contributed by atoms with Crippen molar-refractivity contribution in [2.75, 3.05) is 13.7 Å². The van der Waals surface area contributed by atoms with E-state index in [0.29, 0.717) is 6.54 Å². The number of likely N-dealkylation sites (tertiary alicyclic amines) is 1. The number of aromatic nitrogens is 2. The number of rotatable bonds is 4. The summed E-state index contributed by atoms with van der Waals surface area (Å²) in [6.45, 7) is 0.562. The lowest BCUT2D eigenvalue weighted by Gasteiger charge is -2.24. The second-order valence-corrected chi connectivity index (χ2v) is 5.66. The van der Waals surface area contributed by atoms with Gasteiger partial charge in [-0.3, -0.25) is 4.79 Å². The molecule has 2 aromatic rings. The van der Waals surface area contributed by atoms with Gasteiger partial charge in [-0.2, -0.15) is 4.98 Å². The Balaban J connectivity index is 1.79. The summed E-state index contributed by atoms with van der Waals surface area (Å²) in [4.78, 5) is 22.3. The summed E-state index contributed by atoms with van der Waals surface area (Å²) in [5.41, 5.74) is 0.508. The van der Waals surface area contributed by atoms with Gasteiger partial charge in [-0.05, 0) is 49.1 Å². The van der Waals surface area contributed by atoms with Crippen LogP contribution in [-0.2, 0) is 6.42 Å². The van der Waals surface area contributed by atoms with E-state index in [-0.39, 0.29) is 35.6 Å². The van der Waals surface area contributed by atoms with Crippen molar-refractivity contribution in [3.05, 3.63) is 53.4 Å². The van der Waals surface area contributed by atoms with Crippen molar-refractivity contribution in [1.29, 1.82) is 0 Å². The third-order valence-corrected chi connectivity index (χ3v) is 4.14. The van der Waals surface area contributed by atoms with Crippen molar-refractivity contribution in [2.45, 2.75) is 25.3 Å². The molecule has 1 unspecified atom stereocenters. The first kappa shape index (κ1) is 16.3. The fourth-order valence-corrected chi connectivity index (χ4v) is 2.97. The van der Waals surface area contributed by atoms with Crippen LogP contribution in [0.3, 0.4) is 0 Å². The molecule has 1 fully saturated rings. The molecule has 0 bridgehead atoms. The van der Waals surface area contributed by atoms with Crippen LogP contribution in [-0.4, -0.2) is 40.5 Å². The first-order valence-corrected chi connectivity index (χ1v) is 7.70. The number of halogens is 2. The monoisotopic (exact) mass is 333 g/mol. The molecule has 2 heterocycles. The lowest BCUT2D eigenvalue weighted by Crippen LogP contribution is -2.37. The zero-order chi connectivity index (χ0) is 17.1. The summed E-state index contributed by atoms with van der Waals surface area (Å²) in [5, 5.41) is 0. The van der Waals surface area contributed by atoms with Crippen LogP contribution in [0.4, 0.5) is 8.78 Å². The predicted molar refractivity (Wildman–Crippen MR) is 82.7 cm³/mol. The Kier molecular flexibility index (Phi) is 4.69. The van der Waals surface area contributed by atoms with Crippen molar-refractivity contribution in [3.8, 4) is 6.01 Å². The van der Waals surface area contributed by atoms with Gasteiger partial charge in [0.1, 0.15) is 17.3 Å². The van der Waals surface area contributed by atoms with E-state index in [1.165, 1.54) is 25.4 Å². The summed E-state index contributed by atoms with van der Waals surface area (Å²) in [6, 6.07) is 4.83. The second-order valence-electron chi connectivity index (χ2n) is 5.66. The summed E-state index contributed by atoms with van der Waals surface area (Å²) >= 11 is 0. The van der Waals surface area contributed by atoms with Crippen molar-refractivity contribution in [3.63, 3.8) is 0 Å².